The molecule has 3 aliphatic heterocycles. The number of amidine groups is 1. The van der Waals surface area contributed by atoms with Crippen LogP contribution in [0.25, 0.3) is 0 Å². The van der Waals surface area contributed by atoms with E-state index in [9.17, 15) is 14.4 Å². The molecule has 0 aliphatic carbocycles. The second-order valence-electron chi connectivity index (χ2n) is 7.37. The van der Waals surface area contributed by atoms with Gasteiger partial charge < -0.3 is 15.1 Å². The Morgan fingerprint density at radius 3 is 2.61 bits per heavy atom. The first-order valence-corrected chi connectivity index (χ1v) is 10.7. The van der Waals surface area contributed by atoms with Gasteiger partial charge in [-0.1, -0.05) is 17.8 Å². The summed E-state index contributed by atoms with van der Waals surface area (Å²) in [4.78, 5) is 45.1. The number of rotatable bonds is 4. The number of nitrogens with zero attached hydrogens (tertiary/aromatic N) is 3. The van der Waals surface area contributed by atoms with E-state index >= 15 is 0 Å². The summed E-state index contributed by atoms with van der Waals surface area (Å²) in [6.45, 7) is 3.43. The van der Waals surface area contributed by atoms with Gasteiger partial charge in [0.15, 0.2) is 5.17 Å². The van der Waals surface area contributed by atoms with Gasteiger partial charge in [-0.25, -0.2) is 0 Å². The molecule has 4 rings (SSSR count). The van der Waals surface area contributed by atoms with Gasteiger partial charge in [0.25, 0.3) is 11.8 Å². The minimum atomic E-state index is -0.470. The minimum absolute atomic E-state index is 0.0107. The molecule has 1 aromatic carbocycles. The van der Waals surface area contributed by atoms with Crippen LogP contribution >= 0.6 is 11.8 Å². The van der Waals surface area contributed by atoms with Crippen LogP contribution in [0.15, 0.2) is 29.3 Å². The summed E-state index contributed by atoms with van der Waals surface area (Å²) in [5, 5.41) is 3.10. The van der Waals surface area contributed by atoms with E-state index in [0.717, 1.165) is 50.6 Å². The smallest absolute Gasteiger partial charge is 0.262 e. The highest BCUT2D eigenvalue weighted by Crippen LogP contribution is 2.29. The normalized spacial score (nSPS) is 21.9. The van der Waals surface area contributed by atoms with Crippen LogP contribution in [0.4, 0.5) is 5.69 Å². The standard InChI is InChI=1S/C20H24N4O3S/c25-17(13-16-18(26)22-20(28-16)24-8-2-1-3-9-24)21-15-7-4-6-14(12-15)19(27)23-10-5-11-23/h4,6-7,12,16H,1-3,5,8-11,13H2,(H,21,25)/t16-/m1/s1. The zero-order valence-electron chi connectivity index (χ0n) is 15.7. The quantitative estimate of drug-likeness (QED) is 0.839. The first-order valence-electron chi connectivity index (χ1n) is 9.83. The number of anilines is 1. The van der Waals surface area contributed by atoms with Crippen molar-refractivity contribution in [3.05, 3.63) is 29.8 Å². The molecule has 3 amide bonds. The second-order valence-corrected chi connectivity index (χ2v) is 8.54. The number of carbonyl (C=O) groups excluding carboxylic acids is 3. The van der Waals surface area contributed by atoms with Crippen molar-refractivity contribution in [2.45, 2.75) is 37.4 Å². The van der Waals surface area contributed by atoms with Crippen LogP contribution in [0, 0.1) is 0 Å². The lowest BCUT2D eigenvalue weighted by Gasteiger charge is -2.31. The maximum atomic E-state index is 12.4. The fraction of sp³-hybridized carbons (Fsp3) is 0.500. The Morgan fingerprint density at radius 2 is 1.89 bits per heavy atom. The number of hydrogen-bond donors (Lipinski definition) is 1. The lowest BCUT2D eigenvalue weighted by atomic mass is 10.1. The molecule has 8 heteroatoms. The number of amides is 3. The molecule has 3 heterocycles. The summed E-state index contributed by atoms with van der Waals surface area (Å²) in [7, 11) is 0. The predicted octanol–water partition coefficient (Wildman–Crippen LogP) is 2.34. The number of likely N-dealkylation sites (tertiary alicyclic amines) is 2. The van der Waals surface area contributed by atoms with Crippen LogP contribution in [-0.2, 0) is 9.59 Å². The van der Waals surface area contributed by atoms with Crippen molar-refractivity contribution in [2.75, 3.05) is 31.5 Å². The fourth-order valence-corrected chi connectivity index (χ4v) is 4.66. The molecule has 148 valence electrons. The van der Waals surface area contributed by atoms with Gasteiger partial charge in [-0.3, -0.25) is 14.4 Å². The SMILES string of the molecule is O=C(C[C@H]1SC(N2CCCCC2)=NC1=O)Nc1cccc(C(=O)N2CCC2)c1. The molecule has 2 saturated heterocycles. The third kappa shape index (κ3) is 4.22. The molecular formula is C20H24N4O3S. The Morgan fingerprint density at radius 1 is 1.11 bits per heavy atom. The lowest BCUT2D eigenvalue weighted by Crippen LogP contribution is -2.42. The fourth-order valence-electron chi connectivity index (χ4n) is 3.54. The zero-order chi connectivity index (χ0) is 19.5. The van der Waals surface area contributed by atoms with Gasteiger partial charge >= 0.3 is 0 Å². The lowest BCUT2D eigenvalue weighted by molar-refractivity contribution is -0.121. The number of nitrogens with one attached hydrogen (secondary N) is 1. The summed E-state index contributed by atoms with van der Waals surface area (Å²) >= 11 is 1.39. The molecule has 0 saturated carbocycles. The van der Waals surface area contributed by atoms with Crippen LogP contribution in [0.3, 0.4) is 0 Å². The van der Waals surface area contributed by atoms with Gasteiger partial charge in [-0.2, -0.15) is 4.99 Å². The molecule has 0 aromatic heterocycles. The Hall–Kier alpha value is -2.35. The number of thioether (sulfide) groups is 1. The Balaban J connectivity index is 1.32. The molecule has 1 aromatic rings. The van der Waals surface area contributed by atoms with Crippen molar-refractivity contribution >= 4 is 40.3 Å². The van der Waals surface area contributed by atoms with Crippen molar-refractivity contribution < 1.29 is 14.4 Å². The summed E-state index contributed by atoms with van der Waals surface area (Å²) < 4.78 is 0. The van der Waals surface area contributed by atoms with Crippen LogP contribution in [0.2, 0.25) is 0 Å². The van der Waals surface area contributed by atoms with Crippen LogP contribution in [-0.4, -0.2) is 64.1 Å². The third-order valence-corrected chi connectivity index (χ3v) is 6.48. The van der Waals surface area contributed by atoms with E-state index in [0.29, 0.717) is 11.3 Å². The zero-order valence-corrected chi connectivity index (χ0v) is 16.5. The van der Waals surface area contributed by atoms with Gasteiger partial charge in [0.1, 0.15) is 5.25 Å². The van der Waals surface area contributed by atoms with Gasteiger partial charge in [0.05, 0.1) is 0 Å². The molecule has 0 unspecified atom stereocenters. The maximum Gasteiger partial charge on any atom is 0.262 e. The molecule has 0 radical (unpaired) electrons. The maximum absolute atomic E-state index is 12.4. The van der Waals surface area contributed by atoms with Crippen molar-refractivity contribution in [3.8, 4) is 0 Å². The number of benzene rings is 1. The summed E-state index contributed by atoms with van der Waals surface area (Å²) in [6.07, 6.45) is 4.57. The number of piperidine rings is 1. The number of carbonyl (C=O) groups is 3. The van der Waals surface area contributed by atoms with Gasteiger partial charge in [-0.15, -0.1) is 0 Å². The van der Waals surface area contributed by atoms with Crippen molar-refractivity contribution in [1.29, 1.82) is 0 Å². The van der Waals surface area contributed by atoms with Gasteiger partial charge in [-0.05, 0) is 43.9 Å². The molecule has 3 aliphatic rings. The van der Waals surface area contributed by atoms with E-state index in [1.165, 1.54) is 18.2 Å². The van der Waals surface area contributed by atoms with Gasteiger partial charge in [0, 0.05) is 43.9 Å². The first kappa shape index (κ1) is 19.0. The van der Waals surface area contributed by atoms with E-state index in [-0.39, 0.29) is 24.1 Å². The highest BCUT2D eigenvalue weighted by Gasteiger charge is 2.33. The van der Waals surface area contributed by atoms with E-state index in [2.05, 4.69) is 15.2 Å². The molecule has 1 atom stereocenters. The van der Waals surface area contributed by atoms with Crippen molar-refractivity contribution in [3.63, 3.8) is 0 Å². The average molecular weight is 401 g/mol. The monoisotopic (exact) mass is 400 g/mol. The third-order valence-electron chi connectivity index (χ3n) is 5.26. The van der Waals surface area contributed by atoms with Crippen molar-refractivity contribution in [2.24, 2.45) is 4.99 Å². The molecule has 0 spiro atoms. The van der Waals surface area contributed by atoms with E-state index in [1.807, 2.05) is 0 Å². The van der Waals surface area contributed by atoms with Gasteiger partial charge in [0.2, 0.25) is 5.91 Å². The topological polar surface area (TPSA) is 82.1 Å². The summed E-state index contributed by atoms with van der Waals surface area (Å²) in [6, 6.07) is 6.96. The summed E-state index contributed by atoms with van der Waals surface area (Å²) in [5.41, 5.74) is 1.14. The van der Waals surface area contributed by atoms with E-state index in [4.69, 9.17) is 0 Å². The Kier molecular flexibility index (Phi) is 5.66. The molecule has 0 bridgehead atoms. The number of aliphatic imine (C=N–C) groups is 1. The Bertz CT molecular complexity index is 815. The summed E-state index contributed by atoms with van der Waals surface area (Å²) in [5.74, 6) is -0.486. The average Bonchev–Trinajstić information content (AvgIpc) is 3.01. The number of hydrogen-bond acceptors (Lipinski definition) is 5. The van der Waals surface area contributed by atoms with Crippen molar-refractivity contribution in [1.82, 2.24) is 9.80 Å². The minimum Gasteiger partial charge on any atom is -0.351 e. The molecule has 7 nitrogen and oxygen atoms in total. The van der Waals surface area contributed by atoms with E-state index in [1.54, 1.807) is 29.2 Å². The van der Waals surface area contributed by atoms with Crippen LogP contribution in [0.5, 0.6) is 0 Å². The van der Waals surface area contributed by atoms with Crippen LogP contribution < -0.4 is 5.32 Å². The highest BCUT2D eigenvalue weighted by atomic mass is 32.2. The Labute approximate surface area is 168 Å². The molecular weight excluding hydrogens is 376 g/mol. The largest absolute Gasteiger partial charge is 0.351 e. The highest BCUT2D eigenvalue weighted by molar-refractivity contribution is 8.15. The van der Waals surface area contributed by atoms with Crippen LogP contribution in [0.1, 0.15) is 42.5 Å². The predicted molar refractivity (Wildman–Crippen MR) is 109 cm³/mol. The molecule has 2 fully saturated rings. The first-order chi connectivity index (χ1) is 13.6. The second kappa shape index (κ2) is 8.34. The van der Waals surface area contributed by atoms with E-state index < -0.39 is 5.25 Å². The molecule has 28 heavy (non-hydrogen) atoms. The molecule has 1 N–H and O–H groups in total.